The van der Waals surface area contributed by atoms with Crippen LogP contribution in [0.4, 0.5) is 0 Å². The van der Waals surface area contributed by atoms with Crippen LogP contribution in [0.1, 0.15) is 12.0 Å². The second-order valence-corrected chi connectivity index (χ2v) is 5.38. The molecule has 1 aromatic rings. The van der Waals surface area contributed by atoms with E-state index in [0.717, 1.165) is 50.6 Å². The molecule has 0 aliphatic carbocycles. The molecule has 0 spiro atoms. The zero-order valence-corrected chi connectivity index (χ0v) is 13.3. The van der Waals surface area contributed by atoms with Gasteiger partial charge in [0.1, 0.15) is 18.8 Å². The Labute approximate surface area is 137 Å². The summed E-state index contributed by atoms with van der Waals surface area (Å²) in [6.45, 7) is 5.61. The number of nitrogens with zero attached hydrogens (tertiary/aromatic N) is 2. The monoisotopic (exact) mass is 317 g/mol. The van der Waals surface area contributed by atoms with Crippen LogP contribution in [-0.2, 0) is 16.0 Å². The third-order valence-corrected chi connectivity index (χ3v) is 3.65. The van der Waals surface area contributed by atoms with Crippen molar-refractivity contribution in [1.29, 1.82) is 5.26 Å². The van der Waals surface area contributed by atoms with Gasteiger partial charge in [-0.15, -0.1) is 0 Å². The van der Waals surface area contributed by atoms with E-state index in [1.54, 1.807) is 0 Å². The van der Waals surface area contributed by atoms with Gasteiger partial charge in [0.05, 0.1) is 19.3 Å². The highest BCUT2D eigenvalue weighted by Gasteiger charge is 2.09. The van der Waals surface area contributed by atoms with Crippen molar-refractivity contribution in [2.75, 3.05) is 46.0 Å². The number of ether oxygens (including phenoxy) is 2. The standard InChI is InChI=1S/C17H23N3O3/c18-6-4-17(21)19-7-5-15-2-1-3-16(14-15)23-13-10-20-8-11-22-12-9-20/h1-3,14H,4-5,7-13H2,(H,19,21). The highest BCUT2D eigenvalue weighted by Crippen LogP contribution is 2.13. The van der Waals surface area contributed by atoms with Gasteiger partial charge in [0, 0.05) is 26.2 Å². The summed E-state index contributed by atoms with van der Waals surface area (Å²) in [4.78, 5) is 13.6. The molecule has 1 amide bonds. The van der Waals surface area contributed by atoms with Gasteiger partial charge < -0.3 is 14.8 Å². The van der Waals surface area contributed by atoms with E-state index in [9.17, 15) is 4.79 Å². The summed E-state index contributed by atoms with van der Waals surface area (Å²) in [6.07, 6.45) is 0.628. The lowest BCUT2D eigenvalue weighted by Gasteiger charge is -2.26. The van der Waals surface area contributed by atoms with Crippen molar-refractivity contribution in [3.63, 3.8) is 0 Å². The fourth-order valence-electron chi connectivity index (χ4n) is 2.39. The Balaban J connectivity index is 1.69. The first kappa shape index (κ1) is 17.3. The SMILES string of the molecule is N#CCC(=O)NCCc1cccc(OCCN2CCOCC2)c1. The fraction of sp³-hybridized carbons (Fsp3) is 0.529. The fourth-order valence-corrected chi connectivity index (χ4v) is 2.39. The Morgan fingerprint density at radius 2 is 2.22 bits per heavy atom. The normalized spacial score (nSPS) is 14.9. The predicted octanol–water partition coefficient (Wildman–Crippen LogP) is 0.970. The zero-order chi connectivity index (χ0) is 16.3. The van der Waals surface area contributed by atoms with E-state index in [-0.39, 0.29) is 12.3 Å². The number of nitriles is 1. The summed E-state index contributed by atoms with van der Waals surface area (Å²) in [6, 6.07) is 9.73. The smallest absolute Gasteiger partial charge is 0.234 e. The maximum atomic E-state index is 11.2. The maximum Gasteiger partial charge on any atom is 0.234 e. The first-order valence-electron chi connectivity index (χ1n) is 7.93. The lowest BCUT2D eigenvalue weighted by Crippen LogP contribution is -2.38. The van der Waals surface area contributed by atoms with Crippen molar-refractivity contribution in [2.24, 2.45) is 0 Å². The molecule has 1 aromatic carbocycles. The molecule has 0 bridgehead atoms. The van der Waals surface area contributed by atoms with E-state index in [1.165, 1.54) is 0 Å². The number of amides is 1. The van der Waals surface area contributed by atoms with Crippen LogP contribution in [0.5, 0.6) is 5.75 Å². The van der Waals surface area contributed by atoms with Gasteiger partial charge in [-0.1, -0.05) is 12.1 Å². The largest absolute Gasteiger partial charge is 0.492 e. The summed E-state index contributed by atoms with van der Waals surface area (Å²) in [5.74, 6) is 0.615. The lowest BCUT2D eigenvalue weighted by atomic mass is 10.1. The minimum Gasteiger partial charge on any atom is -0.492 e. The second kappa shape index (κ2) is 9.82. The second-order valence-electron chi connectivity index (χ2n) is 5.38. The van der Waals surface area contributed by atoms with Gasteiger partial charge in [0.25, 0.3) is 0 Å². The lowest BCUT2D eigenvalue weighted by molar-refractivity contribution is -0.120. The van der Waals surface area contributed by atoms with Gasteiger partial charge in [-0.2, -0.15) is 5.26 Å². The summed E-state index contributed by atoms with van der Waals surface area (Å²) in [7, 11) is 0. The Morgan fingerprint density at radius 3 is 3.00 bits per heavy atom. The van der Waals surface area contributed by atoms with Crippen molar-refractivity contribution in [3.8, 4) is 11.8 Å². The van der Waals surface area contributed by atoms with Gasteiger partial charge >= 0.3 is 0 Å². The molecule has 1 saturated heterocycles. The molecule has 6 nitrogen and oxygen atoms in total. The molecule has 1 fully saturated rings. The molecule has 1 heterocycles. The molecule has 0 radical (unpaired) electrons. The van der Waals surface area contributed by atoms with Crippen LogP contribution < -0.4 is 10.1 Å². The summed E-state index contributed by atoms with van der Waals surface area (Å²) in [5, 5.41) is 11.1. The number of carbonyl (C=O) groups excluding carboxylic acids is 1. The van der Waals surface area contributed by atoms with Crippen LogP contribution in [0.2, 0.25) is 0 Å². The van der Waals surface area contributed by atoms with E-state index in [4.69, 9.17) is 14.7 Å². The maximum absolute atomic E-state index is 11.2. The Kier molecular flexibility index (Phi) is 7.37. The van der Waals surface area contributed by atoms with E-state index in [0.29, 0.717) is 13.2 Å². The van der Waals surface area contributed by atoms with Gasteiger partial charge in [0.15, 0.2) is 0 Å². The van der Waals surface area contributed by atoms with Crippen molar-refractivity contribution in [2.45, 2.75) is 12.8 Å². The third kappa shape index (κ3) is 6.68. The van der Waals surface area contributed by atoms with Crippen molar-refractivity contribution in [3.05, 3.63) is 29.8 Å². The molecule has 6 heteroatoms. The molecule has 1 aliphatic rings. The van der Waals surface area contributed by atoms with Gasteiger partial charge in [-0.05, 0) is 24.1 Å². The van der Waals surface area contributed by atoms with Crippen LogP contribution in [0, 0.1) is 11.3 Å². The molecule has 0 saturated carbocycles. The summed E-state index contributed by atoms with van der Waals surface area (Å²) in [5.41, 5.74) is 1.10. The summed E-state index contributed by atoms with van der Waals surface area (Å²) >= 11 is 0. The van der Waals surface area contributed by atoms with Crippen molar-refractivity contribution in [1.82, 2.24) is 10.2 Å². The topological polar surface area (TPSA) is 74.6 Å². The Morgan fingerprint density at radius 1 is 1.39 bits per heavy atom. The third-order valence-electron chi connectivity index (χ3n) is 3.65. The van der Waals surface area contributed by atoms with Gasteiger partial charge in [-0.3, -0.25) is 9.69 Å². The van der Waals surface area contributed by atoms with E-state index in [1.807, 2.05) is 30.3 Å². The minimum absolute atomic E-state index is 0.0926. The van der Waals surface area contributed by atoms with Crippen molar-refractivity contribution >= 4 is 5.91 Å². The quantitative estimate of drug-likeness (QED) is 0.773. The van der Waals surface area contributed by atoms with Crippen molar-refractivity contribution < 1.29 is 14.3 Å². The van der Waals surface area contributed by atoms with Crippen LogP contribution in [0.15, 0.2) is 24.3 Å². The van der Waals surface area contributed by atoms with Crippen LogP contribution in [-0.4, -0.2) is 56.8 Å². The van der Waals surface area contributed by atoms with Crippen LogP contribution in [0.25, 0.3) is 0 Å². The molecule has 0 unspecified atom stereocenters. The van der Waals surface area contributed by atoms with Crippen LogP contribution in [0.3, 0.4) is 0 Å². The number of hydrogen-bond acceptors (Lipinski definition) is 5. The molecule has 0 aromatic heterocycles. The number of morpholine rings is 1. The predicted molar refractivity (Wildman–Crippen MR) is 86.1 cm³/mol. The Bertz CT molecular complexity index is 536. The number of carbonyl (C=O) groups is 1. The Hall–Kier alpha value is -2.10. The number of rotatable bonds is 8. The molecule has 1 aliphatic heterocycles. The van der Waals surface area contributed by atoms with E-state index < -0.39 is 0 Å². The molecule has 1 N–H and O–H groups in total. The number of hydrogen-bond donors (Lipinski definition) is 1. The van der Waals surface area contributed by atoms with Gasteiger partial charge in [0.2, 0.25) is 5.91 Å². The van der Waals surface area contributed by atoms with E-state index >= 15 is 0 Å². The number of nitrogens with one attached hydrogen (secondary N) is 1. The minimum atomic E-state index is -0.231. The molecule has 124 valence electrons. The molecule has 0 atom stereocenters. The average molecular weight is 317 g/mol. The highest BCUT2D eigenvalue weighted by molar-refractivity contribution is 5.77. The van der Waals surface area contributed by atoms with Gasteiger partial charge in [-0.25, -0.2) is 0 Å². The molecular formula is C17H23N3O3. The molecule has 2 rings (SSSR count). The van der Waals surface area contributed by atoms with Crippen LogP contribution >= 0.6 is 0 Å². The first-order chi connectivity index (χ1) is 11.3. The average Bonchev–Trinajstić information content (AvgIpc) is 2.56. The zero-order valence-electron chi connectivity index (χ0n) is 13.3. The summed E-state index contributed by atoms with van der Waals surface area (Å²) < 4.78 is 11.1. The molecular weight excluding hydrogens is 294 g/mol. The number of benzene rings is 1. The highest BCUT2D eigenvalue weighted by atomic mass is 16.5. The molecule has 23 heavy (non-hydrogen) atoms. The first-order valence-corrected chi connectivity index (χ1v) is 7.93. The van der Waals surface area contributed by atoms with E-state index in [2.05, 4.69) is 10.2 Å².